The molecule has 2 rings (SSSR count). The summed E-state index contributed by atoms with van der Waals surface area (Å²) in [6, 6.07) is 9.75. The molecule has 0 aliphatic heterocycles. The van der Waals surface area contributed by atoms with E-state index in [1.165, 1.54) is 43.2 Å². The third kappa shape index (κ3) is 3.57. The number of nitrogens with one attached hydrogen (secondary N) is 1. The lowest BCUT2D eigenvalue weighted by molar-refractivity contribution is 0.222. The number of rotatable bonds is 6. The van der Waals surface area contributed by atoms with Gasteiger partial charge >= 0.3 is 0 Å². The molecule has 1 aliphatic rings. The van der Waals surface area contributed by atoms with E-state index in [-0.39, 0.29) is 0 Å². The molecule has 1 nitrogen and oxygen atoms in total. The van der Waals surface area contributed by atoms with Crippen molar-refractivity contribution in [2.24, 2.45) is 5.92 Å². The van der Waals surface area contributed by atoms with Gasteiger partial charge in [-0.1, -0.05) is 43.2 Å². The molecule has 1 atom stereocenters. The fourth-order valence-electron chi connectivity index (χ4n) is 2.69. The van der Waals surface area contributed by atoms with Crippen LogP contribution < -0.4 is 5.32 Å². The first-order valence-electron chi connectivity index (χ1n) is 7.08. The Kier molecular flexibility index (Phi) is 4.61. The van der Waals surface area contributed by atoms with Crippen LogP contribution in [-0.2, 0) is 6.42 Å². The smallest absolute Gasteiger partial charge is 0.00983 e. The normalized spacial score (nSPS) is 17.8. The number of hydrogen-bond donors (Lipinski definition) is 1. The molecule has 1 N–H and O–H groups in total. The second-order valence-electron chi connectivity index (χ2n) is 5.38. The highest BCUT2D eigenvalue weighted by Gasteiger charge is 2.25. The van der Waals surface area contributed by atoms with E-state index in [1.807, 2.05) is 0 Å². The molecule has 0 spiro atoms. The molecule has 1 heteroatoms. The van der Waals surface area contributed by atoms with Gasteiger partial charge in [-0.05, 0) is 50.6 Å². The van der Waals surface area contributed by atoms with Crippen LogP contribution in [0.4, 0.5) is 0 Å². The molecule has 0 radical (unpaired) electrons. The Bertz CT molecular complexity index is 324. The Hall–Kier alpha value is -0.820. The van der Waals surface area contributed by atoms with E-state index in [0.717, 1.165) is 18.5 Å². The van der Waals surface area contributed by atoms with Gasteiger partial charge < -0.3 is 5.32 Å². The van der Waals surface area contributed by atoms with Crippen molar-refractivity contribution in [1.82, 2.24) is 5.32 Å². The van der Waals surface area contributed by atoms with Gasteiger partial charge in [0.15, 0.2) is 0 Å². The molecule has 0 amide bonds. The van der Waals surface area contributed by atoms with E-state index in [9.17, 15) is 0 Å². The van der Waals surface area contributed by atoms with Crippen LogP contribution in [0.1, 0.15) is 43.7 Å². The quantitative estimate of drug-likeness (QED) is 0.787. The molecule has 0 bridgehead atoms. The van der Waals surface area contributed by atoms with Gasteiger partial charge in [-0.2, -0.15) is 0 Å². The van der Waals surface area contributed by atoms with Gasteiger partial charge in [-0.15, -0.1) is 0 Å². The maximum absolute atomic E-state index is 3.67. The predicted octanol–water partition coefficient (Wildman–Crippen LogP) is 3.71. The largest absolute Gasteiger partial charge is 0.314 e. The Morgan fingerprint density at radius 2 is 1.94 bits per heavy atom. The van der Waals surface area contributed by atoms with E-state index in [0.29, 0.717) is 0 Å². The maximum Gasteiger partial charge on any atom is 0.00983 e. The van der Waals surface area contributed by atoms with Crippen molar-refractivity contribution < 1.29 is 0 Å². The number of hydrogen-bond acceptors (Lipinski definition) is 1. The van der Waals surface area contributed by atoms with Crippen LogP contribution in [0.2, 0.25) is 0 Å². The lowest BCUT2D eigenvalue weighted by Crippen LogP contribution is -2.39. The third-order valence-corrected chi connectivity index (χ3v) is 4.05. The minimum absolute atomic E-state index is 0.745. The van der Waals surface area contributed by atoms with E-state index in [2.05, 4.69) is 43.4 Å². The summed E-state index contributed by atoms with van der Waals surface area (Å²) < 4.78 is 0. The first kappa shape index (κ1) is 12.6. The molecule has 0 saturated heterocycles. The zero-order valence-corrected chi connectivity index (χ0v) is 11.2. The average molecular weight is 231 g/mol. The monoisotopic (exact) mass is 231 g/mol. The third-order valence-electron chi connectivity index (χ3n) is 4.05. The van der Waals surface area contributed by atoms with Gasteiger partial charge in [0.05, 0.1) is 0 Å². The molecule has 0 aromatic heterocycles. The maximum atomic E-state index is 3.67. The minimum atomic E-state index is 0.745. The first-order chi connectivity index (χ1) is 8.29. The van der Waals surface area contributed by atoms with Crippen LogP contribution in [0, 0.1) is 12.8 Å². The molecule has 1 saturated carbocycles. The Morgan fingerprint density at radius 3 is 2.47 bits per heavy atom. The number of benzene rings is 1. The van der Waals surface area contributed by atoms with Crippen molar-refractivity contribution in [3.05, 3.63) is 35.4 Å². The Morgan fingerprint density at radius 1 is 1.24 bits per heavy atom. The second kappa shape index (κ2) is 6.20. The average Bonchev–Trinajstić information content (AvgIpc) is 2.26. The predicted molar refractivity (Wildman–Crippen MR) is 74.3 cm³/mol. The summed E-state index contributed by atoms with van der Waals surface area (Å²) >= 11 is 0. The SMILES string of the molecule is CCNC(CCc1ccc(C)cc1)C1CCC1. The van der Waals surface area contributed by atoms with Crippen LogP contribution in [0.3, 0.4) is 0 Å². The molecule has 1 aromatic rings. The van der Waals surface area contributed by atoms with E-state index < -0.39 is 0 Å². The van der Waals surface area contributed by atoms with Crippen molar-refractivity contribution in [1.29, 1.82) is 0 Å². The molecule has 0 heterocycles. The molecule has 1 aliphatic carbocycles. The fourth-order valence-corrected chi connectivity index (χ4v) is 2.69. The summed E-state index contributed by atoms with van der Waals surface area (Å²) in [6.45, 7) is 5.48. The second-order valence-corrected chi connectivity index (χ2v) is 5.38. The van der Waals surface area contributed by atoms with Gasteiger partial charge in [-0.25, -0.2) is 0 Å². The Labute approximate surface area is 106 Å². The fraction of sp³-hybridized carbons (Fsp3) is 0.625. The van der Waals surface area contributed by atoms with Crippen molar-refractivity contribution in [3.8, 4) is 0 Å². The summed E-state index contributed by atoms with van der Waals surface area (Å²) in [4.78, 5) is 0. The van der Waals surface area contributed by atoms with Crippen molar-refractivity contribution in [2.75, 3.05) is 6.54 Å². The lowest BCUT2D eigenvalue weighted by Gasteiger charge is -2.34. The summed E-state index contributed by atoms with van der Waals surface area (Å²) in [7, 11) is 0. The topological polar surface area (TPSA) is 12.0 Å². The molecule has 1 unspecified atom stereocenters. The van der Waals surface area contributed by atoms with Crippen molar-refractivity contribution in [2.45, 2.75) is 52.0 Å². The molecular formula is C16H25N. The first-order valence-corrected chi connectivity index (χ1v) is 7.08. The van der Waals surface area contributed by atoms with Gasteiger partial charge in [0.25, 0.3) is 0 Å². The van der Waals surface area contributed by atoms with Crippen LogP contribution in [-0.4, -0.2) is 12.6 Å². The zero-order valence-electron chi connectivity index (χ0n) is 11.2. The highest BCUT2D eigenvalue weighted by Crippen LogP contribution is 2.31. The molecule has 1 aromatic carbocycles. The van der Waals surface area contributed by atoms with Crippen LogP contribution >= 0.6 is 0 Å². The van der Waals surface area contributed by atoms with E-state index >= 15 is 0 Å². The van der Waals surface area contributed by atoms with Gasteiger partial charge in [0.1, 0.15) is 0 Å². The number of aryl methyl sites for hydroxylation is 2. The lowest BCUT2D eigenvalue weighted by atomic mass is 9.78. The van der Waals surface area contributed by atoms with Crippen LogP contribution in [0.25, 0.3) is 0 Å². The van der Waals surface area contributed by atoms with Crippen molar-refractivity contribution >= 4 is 0 Å². The van der Waals surface area contributed by atoms with Gasteiger partial charge in [-0.3, -0.25) is 0 Å². The van der Waals surface area contributed by atoms with Crippen LogP contribution in [0.5, 0.6) is 0 Å². The molecule has 94 valence electrons. The van der Waals surface area contributed by atoms with E-state index in [1.54, 1.807) is 0 Å². The van der Waals surface area contributed by atoms with Crippen molar-refractivity contribution in [3.63, 3.8) is 0 Å². The van der Waals surface area contributed by atoms with Gasteiger partial charge in [0.2, 0.25) is 0 Å². The standard InChI is InChI=1S/C16H25N/c1-3-17-16(15-5-4-6-15)12-11-14-9-7-13(2)8-10-14/h7-10,15-17H,3-6,11-12H2,1-2H3. The van der Waals surface area contributed by atoms with Crippen LogP contribution in [0.15, 0.2) is 24.3 Å². The minimum Gasteiger partial charge on any atom is -0.314 e. The summed E-state index contributed by atoms with van der Waals surface area (Å²) in [5.74, 6) is 0.945. The van der Waals surface area contributed by atoms with E-state index in [4.69, 9.17) is 0 Å². The highest BCUT2D eigenvalue weighted by atomic mass is 14.9. The Balaban J connectivity index is 1.83. The summed E-state index contributed by atoms with van der Waals surface area (Å²) in [5.41, 5.74) is 2.84. The molecular weight excluding hydrogens is 206 g/mol. The summed E-state index contributed by atoms with van der Waals surface area (Å²) in [5, 5.41) is 3.67. The zero-order chi connectivity index (χ0) is 12.1. The summed E-state index contributed by atoms with van der Waals surface area (Å²) in [6.07, 6.45) is 6.82. The highest BCUT2D eigenvalue weighted by molar-refractivity contribution is 5.21. The van der Waals surface area contributed by atoms with Gasteiger partial charge in [0, 0.05) is 6.04 Å². The molecule has 17 heavy (non-hydrogen) atoms. The molecule has 1 fully saturated rings.